The van der Waals surface area contributed by atoms with Crippen LogP contribution in [0.3, 0.4) is 0 Å². The predicted molar refractivity (Wildman–Crippen MR) is 121 cm³/mol. The molecule has 9 nitrogen and oxygen atoms in total. The van der Waals surface area contributed by atoms with Crippen LogP contribution < -0.4 is 14.8 Å². The molecule has 34 heavy (non-hydrogen) atoms. The lowest BCUT2D eigenvalue weighted by molar-refractivity contribution is 0.385. The van der Waals surface area contributed by atoms with Gasteiger partial charge in [0.05, 0.1) is 29.6 Å². The topological polar surface area (TPSA) is 111 Å². The second-order valence-electron chi connectivity index (χ2n) is 6.66. The van der Waals surface area contributed by atoms with Gasteiger partial charge >= 0.3 is 0 Å². The molecule has 174 valence electrons. The van der Waals surface area contributed by atoms with Crippen molar-refractivity contribution >= 4 is 38.8 Å². The van der Waals surface area contributed by atoms with E-state index in [1.165, 1.54) is 25.7 Å². The van der Waals surface area contributed by atoms with Crippen molar-refractivity contribution in [1.29, 1.82) is 0 Å². The van der Waals surface area contributed by atoms with Crippen LogP contribution in [0.15, 0.2) is 47.9 Å². The average Bonchev–Trinajstić information content (AvgIpc) is 3.24. The average molecular weight is 505 g/mol. The molecule has 4 aromatic rings. The van der Waals surface area contributed by atoms with Crippen LogP contribution in [-0.2, 0) is 10.0 Å². The Balaban J connectivity index is 1.73. The summed E-state index contributed by atoms with van der Waals surface area (Å²) in [7, 11) is -1.49. The number of pyridine rings is 1. The first kappa shape index (κ1) is 23.2. The molecule has 2 N–H and O–H groups in total. The van der Waals surface area contributed by atoms with Crippen molar-refractivity contribution in [3.8, 4) is 17.7 Å². The fraction of sp³-hybridized carbons (Fsp3) is 0.0952. The van der Waals surface area contributed by atoms with Gasteiger partial charge in [-0.1, -0.05) is 17.5 Å². The van der Waals surface area contributed by atoms with Crippen molar-refractivity contribution < 1.29 is 21.9 Å². The van der Waals surface area contributed by atoms with Crippen LogP contribution in [0.2, 0.25) is 5.02 Å². The molecule has 0 saturated carbocycles. The van der Waals surface area contributed by atoms with Crippen molar-refractivity contribution in [3.05, 3.63) is 70.9 Å². The zero-order chi connectivity index (χ0) is 24.5. The monoisotopic (exact) mass is 504 g/mol. The van der Waals surface area contributed by atoms with Crippen molar-refractivity contribution in [1.82, 2.24) is 19.4 Å². The van der Waals surface area contributed by atoms with Crippen molar-refractivity contribution in [2.24, 2.45) is 0 Å². The molecule has 3 aromatic heterocycles. The lowest BCUT2D eigenvalue weighted by Crippen LogP contribution is -2.16. The highest BCUT2D eigenvalue weighted by Gasteiger charge is 2.24. The molecule has 0 fully saturated rings. The smallest absolute Gasteiger partial charge is 0.267 e. The number of ether oxygens (including phenoxy) is 1. The molecule has 0 aliphatic carbocycles. The van der Waals surface area contributed by atoms with Gasteiger partial charge < -0.3 is 10.1 Å². The summed E-state index contributed by atoms with van der Waals surface area (Å²) in [6.07, 6.45) is 5.73. The van der Waals surface area contributed by atoms with Crippen LogP contribution >= 0.6 is 11.6 Å². The summed E-state index contributed by atoms with van der Waals surface area (Å²) < 4.78 is 63.8. The van der Waals surface area contributed by atoms with Gasteiger partial charge in [-0.2, -0.15) is 0 Å². The van der Waals surface area contributed by atoms with Gasteiger partial charge in [0.2, 0.25) is 5.88 Å². The SMILES string of the molecule is CNc1nccn2c(C#Cc3c(F)ccc(NS(=O)(=O)c4cc(Cl)cnc4OC)c3F)cnc12. The normalized spacial score (nSPS) is 11.1. The minimum Gasteiger partial charge on any atom is -0.480 e. The van der Waals surface area contributed by atoms with Crippen LogP contribution in [0, 0.1) is 23.5 Å². The molecule has 0 atom stereocenters. The van der Waals surface area contributed by atoms with Gasteiger partial charge in [0.1, 0.15) is 11.5 Å². The summed E-state index contributed by atoms with van der Waals surface area (Å²) in [6.45, 7) is 0. The first-order chi connectivity index (χ1) is 16.2. The maximum Gasteiger partial charge on any atom is 0.267 e. The first-order valence-corrected chi connectivity index (χ1v) is 11.3. The summed E-state index contributed by atoms with van der Waals surface area (Å²) in [5.74, 6) is 3.15. The second kappa shape index (κ2) is 9.12. The Hall–Kier alpha value is -3.95. The van der Waals surface area contributed by atoms with E-state index >= 15 is 4.39 Å². The number of benzene rings is 1. The minimum atomic E-state index is -4.39. The fourth-order valence-electron chi connectivity index (χ4n) is 3.01. The van der Waals surface area contributed by atoms with E-state index < -0.39 is 37.8 Å². The number of imidazole rings is 1. The van der Waals surface area contributed by atoms with E-state index in [-0.39, 0.29) is 10.9 Å². The lowest BCUT2D eigenvalue weighted by Gasteiger charge is -2.12. The number of anilines is 2. The highest BCUT2D eigenvalue weighted by Crippen LogP contribution is 2.28. The fourth-order valence-corrected chi connectivity index (χ4v) is 4.44. The van der Waals surface area contributed by atoms with Gasteiger partial charge in [-0.3, -0.25) is 9.12 Å². The van der Waals surface area contributed by atoms with Crippen molar-refractivity contribution in [2.45, 2.75) is 4.90 Å². The highest BCUT2D eigenvalue weighted by atomic mass is 35.5. The third kappa shape index (κ3) is 4.30. The summed E-state index contributed by atoms with van der Waals surface area (Å²) in [5, 5.41) is 2.91. The number of rotatable bonds is 5. The molecule has 3 heterocycles. The number of nitrogens with one attached hydrogen (secondary N) is 2. The predicted octanol–water partition coefficient (Wildman–Crippen LogP) is 3.31. The van der Waals surface area contributed by atoms with Gasteiger partial charge in [0.15, 0.2) is 22.2 Å². The lowest BCUT2D eigenvalue weighted by atomic mass is 10.1. The third-order valence-corrected chi connectivity index (χ3v) is 6.15. The number of methoxy groups -OCH3 is 1. The molecule has 0 spiro atoms. The van der Waals surface area contributed by atoms with Gasteiger partial charge in [-0.25, -0.2) is 32.2 Å². The van der Waals surface area contributed by atoms with Gasteiger partial charge in [-0.05, 0) is 24.1 Å². The van der Waals surface area contributed by atoms with E-state index in [2.05, 4.69) is 36.8 Å². The maximum atomic E-state index is 15.1. The van der Waals surface area contributed by atoms with Gasteiger partial charge in [-0.15, -0.1) is 0 Å². The zero-order valence-electron chi connectivity index (χ0n) is 17.6. The Morgan fingerprint density at radius 2 is 1.94 bits per heavy atom. The number of hydrogen-bond acceptors (Lipinski definition) is 7. The second-order valence-corrected chi connectivity index (χ2v) is 8.75. The molecule has 13 heteroatoms. The Labute approximate surface area is 197 Å². The van der Waals surface area contributed by atoms with Gasteiger partial charge in [0, 0.05) is 25.6 Å². The quantitative estimate of drug-likeness (QED) is 0.401. The zero-order valence-corrected chi connectivity index (χ0v) is 19.2. The number of halogens is 3. The standard InChI is InChI=1S/C21H15ClF2N6O3S/c1-25-19-20-27-11-13(30(20)8-7-26-19)3-4-14-15(23)5-6-16(18(14)24)29-34(31,32)17-9-12(22)10-28-21(17)33-2/h5-11,29H,1-2H3,(H,25,26). The molecule has 0 saturated heterocycles. The maximum absolute atomic E-state index is 15.1. The molecular formula is C21H15ClF2N6O3S. The van der Waals surface area contributed by atoms with E-state index in [4.69, 9.17) is 16.3 Å². The molecule has 0 aliphatic rings. The van der Waals surface area contributed by atoms with Crippen LogP contribution in [0.5, 0.6) is 5.88 Å². The van der Waals surface area contributed by atoms with Crippen molar-refractivity contribution in [3.63, 3.8) is 0 Å². The Morgan fingerprint density at radius 1 is 1.15 bits per heavy atom. The van der Waals surface area contributed by atoms with E-state index in [1.807, 2.05) is 0 Å². The van der Waals surface area contributed by atoms with E-state index in [1.54, 1.807) is 17.6 Å². The molecule has 4 rings (SSSR count). The molecule has 0 amide bonds. The molecule has 0 unspecified atom stereocenters. The third-order valence-electron chi connectivity index (χ3n) is 4.58. The highest BCUT2D eigenvalue weighted by molar-refractivity contribution is 7.92. The van der Waals surface area contributed by atoms with Crippen LogP contribution in [0.1, 0.15) is 11.3 Å². The Bertz CT molecular complexity index is 1580. The minimum absolute atomic E-state index is 0.0250. The molecule has 0 bridgehead atoms. The summed E-state index contributed by atoms with van der Waals surface area (Å²) in [4.78, 5) is 11.7. The van der Waals surface area contributed by atoms with Crippen LogP contribution in [-0.4, -0.2) is 41.9 Å². The summed E-state index contributed by atoms with van der Waals surface area (Å²) >= 11 is 5.84. The number of nitrogens with zero attached hydrogens (tertiary/aromatic N) is 4. The number of aromatic nitrogens is 4. The van der Waals surface area contributed by atoms with E-state index in [0.717, 1.165) is 18.2 Å². The number of fused-ring (bicyclic) bond motifs is 1. The summed E-state index contributed by atoms with van der Waals surface area (Å²) in [6, 6.07) is 2.93. The molecule has 1 aromatic carbocycles. The Morgan fingerprint density at radius 3 is 2.68 bits per heavy atom. The Kier molecular flexibility index (Phi) is 6.23. The largest absolute Gasteiger partial charge is 0.480 e. The molecule has 0 radical (unpaired) electrons. The van der Waals surface area contributed by atoms with Crippen LogP contribution in [0.4, 0.5) is 20.3 Å². The molecule has 0 aliphatic heterocycles. The first-order valence-electron chi connectivity index (χ1n) is 9.47. The van der Waals surface area contributed by atoms with Gasteiger partial charge in [0.25, 0.3) is 10.0 Å². The molecular weight excluding hydrogens is 490 g/mol. The van der Waals surface area contributed by atoms with Crippen molar-refractivity contribution in [2.75, 3.05) is 24.2 Å². The number of hydrogen-bond donors (Lipinski definition) is 2. The summed E-state index contributed by atoms with van der Waals surface area (Å²) in [5.41, 5.74) is -0.337. The number of sulfonamides is 1. The van der Waals surface area contributed by atoms with Crippen LogP contribution in [0.25, 0.3) is 5.65 Å². The van der Waals surface area contributed by atoms with E-state index in [0.29, 0.717) is 17.2 Å². The van der Waals surface area contributed by atoms with E-state index in [9.17, 15) is 12.8 Å².